The number of ether oxygens (including phenoxy) is 2. The van der Waals surface area contributed by atoms with Crippen LogP contribution in [-0.4, -0.2) is 37.4 Å². The Morgan fingerprint density at radius 1 is 1.47 bits per heavy atom. The van der Waals surface area contributed by atoms with Gasteiger partial charge in [0.05, 0.1) is 13.7 Å². The zero-order valence-corrected chi connectivity index (χ0v) is 9.97. The normalized spacial score (nSPS) is 11.7. The monoisotopic (exact) mass is 239 g/mol. The van der Waals surface area contributed by atoms with Gasteiger partial charge in [0.1, 0.15) is 11.5 Å². The van der Waals surface area contributed by atoms with Gasteiger partial charge in [-0.2, -0.15) is 0 Å². The third-order valence-corrected chi connectivity index (χ3v) is 2.13. The Hall–Kier alpha value is -1.75. The second-order valence-electron chi connectivity index (χ2n) is 3.45. The first-order valence-corrected chi connectivity index (χ1v) is 5.36. The second-order valence-corrected chi connectivity index (χ2v) is 3.45. The fraction of sp³-hybridized carbons (Fsp3) is 0.417. The SMILES string of the molecule is COc1cccc(OC(C)C(=O)NCCO)c1. The Morgan fingerprint density at radius 2 is 2.18 bits per heavy atom. The Labute approximate surface area is 100 Å². The summed E-state index contributed by atoms with van der Waals surface area (Å²) in [6.45, 7) is 1.79. The first-order chi connectivity index (χ1) is 8.17. The third kappa shape index (κ3) is 4.32. The molecular formula is C12H17NO4. The van der Waals surface area contributed by atoms with Gasteiger partial charge in [0.2, 0.25) is 0 Å². The summed E-state index contributed by atoms with van der Waals surface area (Å²) >= 11 is 0. The van der Waals surface area contributed by atoms with E-state index >= 15 is 0 Å². The molecule has 5 heteroatoms. The quantitative estimate of drug-likeness (QED) is 0.761. The largest absolute Gasteiger partial charge is 0.497 e. The van der Waals surface area contributed by atoms with Crippen LogP contribution >= 0.6 is 0 Å². The van der Waals surface area contributed by atoms with Gasteiger partial charge in [-0.05, 0) is 19.1 Å². The van der Waals surface area contributed by atoms with Gasteiger partial charge in [-0.25, -0.2) is 0 Å². The number of nitrogens with one attached hydrogen (secondary N) is 1. The van der Waals surface area contributed by atoms with Crippen LogP contribution in [0.3, 0.4) is 0 Å². The Bertz CT molecular complexity index is 367. The predicted octanol–water partition coefficient (Wildman–Crippen LogP) is 0.571. The van der Waals surface area contributed by atoms with Crippen molar-refractivity contribution in [3.8, 4) is 11.5 Å². The summed E-state index contributed by atoms with van der Waals surface area (Å²) in [6, 6.07) is 7.03. The van der Waals surface area contributed by atoms with E-state index in [1.165, 1.54) is 0 Å². The molecule has 0 aliphatic rings. The van der Waals surface area contributed by atoms with Gasteiger partial charge in [-0.1, -0.05) is 6.07 Å². The number of amides is 1. The van der Waals surface area contributed by atoms with Crippen molar-refractivity contribution in [2.24, 2.45) is 0 Å². The molecule has 1 atom stereocenters. The van der Waals surface area contributed by atoms with Crippen LogP contribution in [0.25, 0.3) is 0 Å². The number of hydrogen-bond donors (Lipinski definition) is 2. The summed E-state index contributed by atoms with van der Waals surface area (Å²) in [5, 5.41) is 11.1. The van der Waals surface area contributed by atoms with Crippen LogP contribution in [0.1, 0.15) is 6.92 Å². The number of hydrogen-bond acceptors (Lipinski definition) is 4. The van der Waals surface area contributed by atoms with Gasteiger partial charge in [0.25, 0.3) is 5.91 Å². The maximum atomic E-state index is 11.5. The first kappa shape index (κ1) is 13.3. The van der Waals surface area contributed by atoms with Crippen LogP contribution in [0.15, 0.2) is 24.3 Å². The molecular weight excluding hydrogens is 222 g/mol. The lowest BCUT2D eigenvalue weighted by molar-refractivity contribution is -0.127. The molecule has 2 N–H and O–H groups in total. The van der Waals surface area contributed by atoms with E-state index in [9.17, 15) is 4.79 Å². The zero-order valence-electron chi connectivity index (χ0n) is 9.97. The van der Waals surface area contributed by atoms with Crippen molar-refractivity contribution in [3.63, 3.8) is 0 Å². The van der Waals surface area contributed by atoms with Crippen LogP contribution in [0.5, 0.6) is 11.5 Å². The molecule has 0 aliphatic heterocycles. The number of aliphatic hydroxyl groups is 1. The van der Waals surface area contributed by atoms with Crippen molar-refractivity contribution in [3.05, 3.63) is 24.3 Å². The van der Waals surface area contributed by atoms with Crippen molar-refractivity contribution in [2.45, 2.75) is 13.0 Å². The molecule has 17 heavy (non-hydrogen) atoms. The van der Waals surface area contributed by atoms with Gasteiger partial charge >= 0.3 is 0 Å². The molecule has 1 rings (SSSR count). The highest BCUT2D eigenvalue weighted by Crippen LogP contribution is 2.19. The minimum atomic E-state index is -0.617. The molecule has 1 aromatic rings. The van der Waals surface area contributed by atoms with E-state index in [-0.39, 0.29) is 19.1 Å². The van der Waals surface area contributed by atoms with Crippen LogP contribution in [-0.2, 0) is 4.79 Å². The molecule has 0 aliphatic carbocycles. The molecule has 1 aromatic carbocycles. The van der Waals surface area contributed by atoms with E-state index in [2.05, 4.69) is 5.32 Å². The molecule has 0 bridgehead atoms. The molecule has 94 valence electrons. The highest BCUT2D eigenvalue weighted by atomic mass is 16.5. The summed E-state index contributed by atoms with van der Waals surface area (Å²) in [6.07, 6.45) is -0.617. The van der Waals surface area contributed by atoms with E-state index in [4.69, 9.17) is 14.6 Å². The molecule has 0 radical (unpaired) electrons. The fourth-order valence-corrected chi connectivity index (χ4v) is 1.25. The Kier molecular flexibility index (Phi) is 5.29. The summed E-state index contributed by atoms with van der Waals surface area (Å²) in [5.74, 6) is 0.975. The Morgan fingerprint density at radius 3 is 2.82 bits per heavy atom. The summed E-state index contributed by atoms with van der Waals surface area (Å²) in [5.41, 5.74) is 0. The van der Waals surface area contributed by atoms with Crippen molar-refractivity contribution in [1.29, 1.82) is 0 Å². The average molecular weight is 239 g/mol. The maximum absolute atomic E-state index is 11.5. The fourth-order valence-electron chi connectivity index (χ4n) is 1.25. The van der Waals surface area contributed by atoms with Gasteiger partial charge in [0, 0.05) is 12.6 Å². The molecule has 0 fully saturated rings. The average Bonchev–Trinajstić information content (AvgIpc) is 2.36. The summed E-state index contributed by atoms with van der Waals surface area (Å²) in [4.78, 5) is 11.5. The van der Waals surface area contributed by atoms with E-state index in [1.807, 2.05) is 0 Å². The van der Waals surface area contributed by atoms with Crippen molar-refractivity contribution in [1.82, 2.24) is 5.32 Å². The molecule has 1 amide bonds. The summed E-state index contributed by atoms with van der Waals surface area (Å²) < 4.78 is 10.5. The number of carbonyl (C=O) groups is 1. The predicted molar refractivity (Wildman–Crippen MR) is 63.2 cm³/mol. The van der Waals surface area contributed by atoms with Gasteiger partial charge < -0.3 is 19.9 Å². The van der Waals surface area contributed by atoms with E-state index < -0.39 is 6.10 Å². The highest BCUT2D eigenvalue weighted by molar-refractivity contribution is 5.80. The van der Waals surface area contributed by atoms with Crippen molar-refractivity contribution in [2.75, 3.05) is 20.3 Å². The molecule has 0 aromatic heterocycles. The third-order valence-electron chi connectivity index (χ3n) is 2.13. The highest BCUT2D eigenvalue weighted by Gasteiger charge is 2.13. The number of carbonyl (C=O) groups excluding carboxylic acids is 1. The van der Waals surface area contributed by atoms with Crippen LogP contribution < -0.4 is 14.8 Å². The molecule has 1 unspecified atom stereocenters. The van der Waals surface area contributed by atoms with E-state index in [0.717, 1.165) is 0 Å². The lowest BCUT2D eigenvalue weighted by Gasteiger charge is -2.14. The van der Waals surface area contributed by atoms with E-state index in [1.54, 1.807) is 38.3 Å². The van der Waals surface area contributed by atoms with Gasteiger partial charge in [-0.3, -0.25) is 4.79 Å². The van der Waals surface area contributed by atoms with Crippen LogP contribution in [0.4, 0.5) is 0 Å². The number of benzene rings is 1. The van der Waals surface area contributed by atoms with Crippen molar-refractivity contribution < 1.29 is 19.4 Å². The maximum Gasteiger partial charge on any atom is 0.260 e. The molecule has 0 saturated heterocycles. The number of rotatable bonds is 6. The lowest BCUT2D eigenvalue weighted by Crippen LogP contribution is -2.37. The molecule has 0 heterocycles. The number of aliphatic hydroxyl groups excluding tert-OH is 1. The standard InChI is InChI=1S/C12H17NO4/c1-9(12(15)13-6-7-14)17-11-5-3-4-10(8-11)16-2/h3-5,8-9,14H,6-7H2,1-2H3,(H,13,15). The first-order valence-electron chi connectivity index (χ1n) is 5.36. The lowest BCUT2D eigenvalue weighted by atomic mass is 10.3. The topological polar surface area (TPSA) is 67.8 Å². The number of methoxy groups -OCH3 is 1. The minimum Gasteiger partial charge on any atom is -0.497 e. The molecule has 5 nitrogen and oxygen atoms in total. The van der Waals surface area contributed by atoms with Crippen LogP contribution in [0.2, 0.25) is 0 Å². The van der Waals surface area contributed by atoms with Gasteiger partial charge in [-0.15, -0.1) is 0 Å². The van der Waals surface area contributed by atoms with Crippen molar-refractivity contribution >= 4 is 5.91 Å². The van der Waals surface area contributed by atoms with E-state index in [0.29, 0.717) is 11.5 Å². The zero-order chi connectivity index (χ0) is 12.7. The Balaban J connectivity index is 2.54. The molecule has 0 saturated carbocycles. The molecule has 0 spiro atoms. The second kappa shape index (κ2) is 6.75. The van der Waals surface area contributed by atoms with Crippen LogP contribution in [0, 0.1) is 0 Å². The smallest absolute Gasteiger partial charge is 0.260 e. The van der Waals surface area contributed by atoms with Gasteiger partial charge in [0.15, 0.2) is 6.10 Å². The minimum absolute atomic E-state index is 0.0857. The summed E-state index contributed by atoms with van der Waals surface area (Å²) in [7, 11) is 1.57.